The largest absolute Gasteiger partial charge is 0.454 e. The van der Waals surface area contributed by atoms with E-state index in [0.717, 1.165) is 6.42 Å². The topological polar surface area (TPSA) is 111 Å². The Hall–Kier alpha value is -2.73. The lowest BCUT2D eigenvalue weighted by atomic mass is 10.0. The van der Waals surface area contributed by atoms with Crippen molar-refractivity contribution in [1.29, 1.82) is 0 Å². The van der Waals surface area contributed by atoms with Crippen LogP contribution in [0.1, 0.15) is 33.6 Å². The standard InChI is InChI=1S/C21H19ClN4O5S2/c22-15-5-1-2-6-18(15)33(28,29)26-9-3-4-13(11-26)20-24-25-21(32-20)19(27)23-14-7-8-16-17(10-14)31-12-30-16/h1-2,5-8,10,13H,3-4,9,11-12H2,(H,23,27)/t13-/m0/s1. The number of piperidine rings is 1. The van der Waals surface area contributed by atoms with E-state index in [9.17, 15) is 13.2 Å². The fourth-order valence-electron chi connectivity index (χ4n) is 3.81. The summed E-state index contributed by atoms with van der Waals surface area (Å²) in [6, 6.07) is 11.5. The molecule has 1 atom stereocenters. The molecule has 0 radical (unpaired) electrons. The van der Waals surface area contributed by atoms with Gasteiger partial charge in [0.25, 0.3) is 5.91 Å². The lowest BCUT2D eigenvalue weighted by Gasteiger charge is -2.30. The number of benzene rings is 2. The number of hydrogen-bond donors (Lipinski definition) is 1. The van der Waals surface area contributed by atoms with Gasteiger partial charge >= 0.3 is 0 Å². The Labute approximate surface area is 199 Å². The number of fused-ring (bicyclic) bond motifs is 1. The first-order valence-electron chi connectivity index (χ1n) is 10.2. The van der Waals surface area contributed by atoms with Crippen molar-refractivity contribution in [1.82, 2.24) is 14.5 Å². The van der Waals surface area contributed by atoms with Gasteiger partial charge in [-0.15, -0.1) is 10.2 Å². The summed E-state index contributed by atoms with van der Waals surface area (Å²) in [5, 5.41) is 12.0. The van der Waals surface area contributed by atoms with E-state index >= 15 is 0 Å². The van der Waals surface area contributed by atoms with Crippen molar-refractivity contribution in [2.45, 2.75) is 23.7 Å². The van der Waals surface area contributed by atoms with Crippen LogP contribution in [-0.4, -0.2) is 48.7 Å². The lowest BCUT2D eigenvalue weighted by molar-refractivity contribution is 0.102. The minimum atomic E-state index is -3.73. The quantitative estimate of drug-likeness (QED) is 0.561. The number of amides is 1. The fraction of sp³-hybridized carbons (Fsp3) is 0.286. The van der Waals surface area contributed by atoms with Crippen LogP contribution in [0.15, 0.2) is 47.4 Å². The number of nitrogens with zero attached hydrogens (tertiary/aromatic N) is 3. The molecule has 1 N–H and O–H groups in total. The van der Waals surface area contributed by atoms with Crippen LogP contribution < -0.4 is 14.8 Å². The molecule has 9 nitrogen and oxygen atoms in total. The molecule has 1 saturated heterocycles. The number of hydrogen-bond acceptors (Lipinski definition) is 8. The van der Waals surface area contributed by atoms with Crippen LogP contribution >= 0.6 is 22.9 Å². The molecular formula is C21H19ClN4O5S2. The minimum Gasteiger partial charge on any atom is -0.454 e. The van der Waals surface area contributed by atoms with Gasteiger partial charge in [0.1, 0.15) is 9.90 Å². The second-order valence-corrected chi connectivity index (χ2v) is 10.9. The number of carbonyl (C=O) groups excluding carboxylic acids is 1. The van der Waals surface area contributed by atoms with Gasteiger partial charge in [0.15, 0.2) is 11.5 Å². The molecule has 0 saturated carbocycles. The number of rotatable bonds is 5. The second-order valence-electron chi connectivity index (χ2n) is 7.60. The van der Waals surface area contributed by atoms with E-state index in [-0.39, 0.29) is 34.2 Å². The first-order chi connectivity index (χ1) is 15.9. The zero-order valence-electron chi connectivity index (χ0n) is 17.2. The summed E-state index contributed by atoms with van der Waals surface area (Å²) in [6.07, 6.45) is 1.43. The van der Waals surface area contributed by atoms with E-state index in [2.05, 4.69) is 15.5 Å². The van der Waals surface area contributed by atoms with Crippen LogP contribution in [0.25, 0.3) is 0 Å². The molecule has 0 bridgehead atoms. The maximum Gasteiger partial charge on any atom is 0.286 e. The molecule has 0 aliphatic carbocycles. The number of anilines is 1. The van der Waals surface area contributed by atoms with Gasteiger partial charge < -0.3 is 14.8 Å². The average Bonchev–Trinajstić information content (AvgIpc) is 3.49. The molecule has 12 heteroatoms. The van der Waals surface area contributed by atoms with Crippen LogP contribution in [0.4, 0.5) is 5.69 Å². The van der Waals surface area contributed by atoms with E-state index in [0.29, 0.717) is 35.2 Å². The maximum atomic E-state index is 13.1. The maximum absolute atomic E-state index is 13.1. The van der Waals surface area contributed by atoms with Crippen molar-refractivity contribution in [3.8, 4) is 11.5 Å². The van der Waals surface area contributed by atoms with E-state index in [4.69, 9.17) is 21.1 Å². The fourth-order valence-corrected chi connectivity index (χ4v) is 6.69. The van der Waals surface area contributed by atoms with Crippen molar-refractivity contribution >= 4 is 44.6 Å². The van der Waals surface area contributed by atoms with E-state index in [1.807, 2.05) is 0 Å². The third kappa shape index (κ3) is 4.41. The highest BCUT2D eigenvalue weighted by molar-refractivity contribution is 7.89. The SMILES string of the molecule is O=C(Nc1ccc2c(c1)OCO2)c1nnc([C@H]2CCCN(S(=O)(=O)c3ccccc3Cl)C2)s1. The Balaban J connectivity index is 1.29. The normalized spacial score (nSPS) is 18.3. The van der Waals surface area contributed by atoms with Gasteiger partial charge in [0, 0.05) is 30.8 Å². The molecule has 0 spiro atoms. The predicted octanol–water partition coefficient (Wildman–Crippen LogP) is 3.74. The Bertz CT molecular complexity index is 1310. The van der Waals surface area contributed by atoms with Gasteiger partial charge in [-0.1, -0.05) is 35.1 Å². The number of carbonyl (C=O) groups is 1. The highest BCUT2D eigenvalue weighted by Gasteiger charge is 2.33. The van der Waals surface area contributed by atoms with Crippen molar-refractivity contribution in [2.24, 2.45) is 0 Å². The Morgan fingerprint density at radius 3 is 2.82 bits per heavy atom. The van der Waals surface area contributed by atoms with Crippen molar-refractivity contribution in [3.05, 3.63) is 57.5 Å². The molecule has 3 heterocycles. The van der Waals surface area contributed by atoms with Gasteiger partial charge in [0.05, 0.1) is 5.02 Å². The summed E-state index contributed by atoms with van der Waals surface area (Å²) in [7, 11) is -3.73. The number of ether oxygens (including phenoxy) is 2. The summed E-state index contributed by atoms with van der Waals surface area (Å²) in [5.41, 5.74) is 0.552. The molecule has 1 aromatic heterocycles. The molecule has 2 aliphatic heterocycles. The number of sulfonamides is 1. The molecule has 2 aliphatic rings. The molecule has 172 valence electrons. The van der Waals surface area contributed by atoms with Gasteiger partial charge in [-0.2, -0.15) is 4.31 Å². The Morgan fingerprint density at radius 1 is 1.15 bits per heavy atom. The summed E-state index contributed by atoms with van der Waals surface area (Å²) in [5.74, 6) is 0.641. The van der Waals surface area contributed by atoms with Crippen LogP contribution in [0.2, 0.25) is 5.02 Å². The summed E-state index contributed by atoms with van der Waals surface area (Å²) < 4.78 is 38.2. The zero-order chi connectivity index (χ0) is 23.0. The van der Waals surface area contributed by atoms with Crippen LogP contribution in [-0.2, 0) is 10.0 Å². The molecular weight excluding hydrogens is 488 g/mol. The zero-order valence-corrected chi connectivity index (χ0v) is 19.6. The van der Waals surface area contributed by atoms with Crippen molar-refractivity contribution in [2.75, 3.05) is 25.2 Å². The number of halogens is 1. The number of aromatic nitrogens is 2. The van der Waals surface area contributed by atoms with Gasteiger partial charge in [-0.3, -0.25) is 4.79 Å². The highest BCUT2D eigenvalue weighted by Crippen LogP contribution is 2.35. The molecule has 5 rings (SSSR count). The molecule has 33 heavy (non-hydrogen) atoms. The predicted molar refractivity (Wildman–Crippen MR) is 123 cm³/mol. The van der Waals surface area contributed by atoms with Crippen molar-refractivity contribution < 1.29 is 22.7 Å². The van der Waals surface area contributed by atoms with Crippen molar-refractivity contribution in [3.63, 3.8) is 0 Å². The average molecular weight is 507 g/mol. The third-order valence-corrected chi connectivity index (χ3v) is 8.90. The smallest absolute Gasteiger partial charge is 0.286 e. The van der Waals surface area contributed by atoms with E-state index in [1.54, 1.807) is 36.4 Å². The van der Waals surface area contributed by atoms with Crippen LogP contribution in [0, 0.1) is 0 Å². The molecule has 3 aromatic rings. The van der Waals surface area contributed by atoms with E-state index < -0.39 is 15.9 Å². The first kappa shape index (κ1) is 22.1. The summed E-state index contributed by atoms with van der Waals surface area (Å²) in [6.45, 7) is 0.809. The van der Waals surface area contributed by atoms with Crippen LogP contribution in [0.3, 0.4) is 0 Å². The first-order valence-corrected chi connectivity index (χ1v) is 12.8. The monoisotopic (exact) mass is 506 g/mol. The van der Waals surface area contributed by atoms with Gasteiger partial charge in [0.2, 0.25) is 21.8 Å². The molecule has 0 unspecified atom stereocenters. The molecule has 1 fully saturated rings. The highest BCUT2D eigenvalue weighted by atomic mass is 35.5. The molecule has 2 aromatic carbocycles. The summed E-state index contributed by atoms with van der Waals surface area (Å²) >= 11 is 7.30. The molecule has 1 amide bonds. The van der Waals surface area contributed by atoms with Gasteiger partial charge in [-0.05, 0) is 37.1 Å². The summed E-state index contributed by atoms with van der Waals surface area (Å²) in [4.78, 5) is 12.8. The lowest BCUT2D eigenvalue weighted by Crippen LogP contribution is -2.39. The van der Waals surface area contributed by atoms with Gasteiger partial charge in [-0.25, -0.2) is 8.42 Å². The number of nitrogens with one attached hydrogen (secondary N) is 1. The second kappa shape index (κ2) is 8.90. The third-order valence-electron chi connectivity index (χ3n) is 5.45. The minimum absolute atomic E-state index is 0.0911. The van der Waals surface area contributed by atoms with E-state index in [1.165, 1.54) is 21.7 Å². The van der Waals surface area contributed by atoms with Crippen LogP contribution in [0.5, 0.6) is 11.5 Å². The Kier molecular flexibility index (Phi) is 5.95. The Morgan fingerprint density at radius 2 is 1.97 bits per heavy atom.